The standard InChI is InChI=1S/C20H16N4OS/c1-10-21-18-16(19-22-12-7-3-4-8-13(12)24(10)19)17(25)15-11-6-2-5-9-14(11)26-20(15)23-18/h3-4,7-8H,2,5-6,9H2,1H3,(H,23,25). The summed E-state index contributed by atoms with van der Waals surface area (Å²) in [6, 6.07) is 7.96. The number of thiophene rings is 1. The second-order valence-electron chi connectivity index (χ2n) is 7.01. The highest BCUT2D eigenvalue weighted by Gasteiger charge is 2.22. The SMILES string of the molecule is Cc1nc2[nH]c3sc4c(c3c(=O)c2c2nc3ccccc3n12)CCCC4. The zero-order valence-electron chi connectivity index (χ0n) is 14.3. The van der Waals surface area contributed by atoms with Gasteiger partial charge in [-0.05, 0) is 50.3 Å². The van der Waals surface area contributed by atoms with Crippen molar-refractivity contribution in [2.24, 2.45) is 0 Å². The van der Waals surface area contributed by atoms with Crippen LogP contribution < -0.4 is 5.43 Å². The van der Waals surface area contributed by atoms with Gasteiger partial charge in [-0.25, -0.2) is 9.97 Å². The van der Waals surface area contributed by atoms with Gasteiger partial charge in [0.1, 0.15) is 21.7 Å². The highest BCUT2D eigenvalue weighted by Crippen LogP contribution is 2.35. The van der Waals surface area contributed by atoms with Crippen LogP contribution in [-0.2, 0) is 12.8 Å². The lowest BCUT2D eigenvalue weighted by Gasteiger charge is -2.10. The van der Waals surface area contributed by atoms with Crippen LogP contribution in [0.3, 0.4) is 0 Å². The summed E-state index contributed by atoms with van der Waals surface area (Å²) in [5, 5.41) is 1.46. The van der Waals surface area contributed by atoms with Crippen LogP contribution in [0.1, 0.15) is 29.1 Å². The van der Waals surface area contributed by atoms with E-state index in [1.165, 1.54) is 16.9 Å². The Balaban J connectivity index is 1.88. The zero-order chi connectivity index (χ0) is 17.4. The number of rotatable bonds is 0. The van der Waals surface area contributed by atoms with E-state index in [2.05, 4.69) is 4.98 Å². The van der Waals surface area contributed by atoms with Gasteiger partial charge in [0, 0.05) is 4.88 Å². The number of H-pyrrole nitrogens is 1. The molecule has 5 nitrogen and oxygen atoms in total. The molecule has 0 aliphatic heterocycles. The average Bonchev–Trinajstić information content (AvgIpc) is 3.19. The first-order valence-electron chi connectivity index (χ1n) is 8.96. The molecule has 0 unspecified atom stereocenters. The molecule has 5 aromatic rings. The van der Waals surface area contributed by atoms with Gasteiger partial charge in [-0.3, -0.25) is 9.20 Å². The number of pyridine rings is 1. The van der Waals surface area contributed by atoms with Crippen LogP contribution in [0.4, 0.5) is 0 Å². The largest absolute Gasteiger partial charge is 0.331 e. The van der Waals surface area contributed by atoms with Gasteiger partial charge >= 0.3 is 0 Å². The molecule has 0 amide bonds. The molecule has 1 aliphatic carbocycles. The van der Waals surface area contributed by atoms with Crippen LogP contribution in [0.5, 0.6) is 0 Å². The maximum Gasteiger partial charge on any atom is 0.203 e. The lowest BCUT2D eigenvalue weighted by atomic mass is 9.96. The number of para-hydroxylation sites is 2. The number of nitrogens with zero attached hydrogens (tertiary/aromatic N) is 3. The predicted octanol–water partition coefficient (Wildman–Crippen LogP) is 4.13. The number of nitrogens with one attached hydrogen (secondary N) is 1. The monoisotopic (exact) mass is 360 g/mol. The van der Waals surface area contributed by atoms with E-state index < -0.39 is 0 Å². The van der Waals surface area contributed by atoms with Crippen molar-refractivity contribution in [3.63, 3.8) is 0 Å². The van der Waals surface area contributed by atoms with Gasteiger partial charge in [0.15, 0.2) is 5.65 Å². The van der Waals surface area contributed by atoms with E-state index in [1.807, 2.05) is 35.6 Å². The van der Waals surface area contributed by atoms with Gasteiger partial charge in [0.05, 0.1) is 16.4 Å². The Kier molecular flexibility index (Phi) is 2.73. The first kappa shape index (κ1) is 14.4. The summed E-state index contributed by atoms with van der Waals surface area (Å²) in [7, 11) is 0. The molecule has 1 N–H and O–H groups in total. The summed E-state index contributed by atoms with van der Waals surface area (Å²) in [6.45, 7) is 1.96. The molecule has 0 saturated carbocycles. The Morgan fingerprint density at radius 2 is 1.96 bits per heavy atom. The van der Waals surface area contributed by atoms with Crippen LogP contribution in [0, 0.1) is 6.92 Å². The van der Waals surface area contributed by atoms with Crippen molar-refractivity contribution in [3.05, 3.63) is 50.8 Å². The van der Waals surface area contributed by atoms with Crippen molar-refractivity contribution < 1.29 is 0 Å². The first-order valence-corrected chi connectivity index (χ1v) is 9.78. The summed E-state index contributed by atoms with van der Waals surface area (Å²) in [6.07, 6.45) is 4.44. The van der Waals surface area contributed by atoms with Crippen molar-refractivity contribution >= 4 is 49.3 Å². The normalized spacial score (nSPS) is 14.7. The molecule has 1 aromatic carbocycles. The zero-order valence-corrected chi connectivity index (χ0v) is 15.1. The fraction of sp³-hybridized carbons (Fsp3) is 0.250. The van der Waals surface area contributed by atoms with Gasteiger partial charge in [-0.2, -0.15) is 0 Å². The van der Waals surface area contributed by atoms with E-state index in [4.69, 9.17) is 9.97 Å². The Labute approximate surface area is 152 Å². The molecule has 1 aliphatic rings. The number of fused-ring (bicyclic) bond motifs is 8. The number of aryl methyl sites for hydroxylation is 3. The van der Waals surface area contributed by atoms with Crippen LogP contribution in [0.2, 0.25) is 0 Å². The molecule has 0 bridgehead atoms. The molecule has 0 atom stereocenters. The summed E-state index contributed by atoms with van der Waals surface area (Å²) < 4.78 is 2.00. The molecular formula is C20H16N4OS. The Hall–Kier alpha value is -2.73. The third-order valence-electron chi connectivity index (χ3n) is 5.48. The van der Waals surface area contributed by atoms with Crippen LogP contribution in [0.15, 0.2) is 29.1 Å². The second kappa shape index (κ2) is 4.92. The predicted molar refractivity (Wildman–Crippen MR) is 105 cm³/mol. The van der Waals surface area contributed by atoms with Crippen molar-refractivity contribution in [2.45, 2.75) is 32.6 Å². The summed E-state index contributed by atoms with van der Waals surface area (Å²) in [5.41, 5.74) is 4.53. The number of hydrogen-bond acceptors (Lipinski definition) is 4. The molecular weight excluding hydrogens is 344 g/mol. The first-order chi connectivity index (χ1) is 12.7. The van der Waals surface area contributed by atoms with E-state index >= 15 is 0 Å². The fourth-order valence-electron chi connectivity index (χ4n) is 4.32. The quantitative estimate of drug-likeness (QED) is 0.452. The van der Waals surface area contributed by atoms with Crippen LogP contribution in [-0.4, -0.2) is 19.4 Å². The molecule has 6 rings (SSSR count). The topological polar surface area (TPSA) is 63.0 Å². The number of hydrogen-bond donors (Lipinski definition) is 1. The highest BCUT2D eigenvalue weighted by atomic mass is 32.1. The molecule has 4 aromatic heterocycles. The summed E-state index contributed by atoms with van der Waals surface area (Å²) in [4.78, 5) is 28.8. The molecule has 128 valence electrons. The van der Waals surface area contributed by atoms with Gasteiger partial charge in [-0.15, -0.1) is 11.3 Å². The van der Waals surface area contributed by atoms with Gasteiger partial charge in [0.25, 0.3) is 0 Å². The van der Waals surface area contributed by atoms with E-state index in [0.717, 1.165) is 46.3 Å². The number of imidazole rings is 1. The second-order valence-corrected chi connectivity index (χ2v) is 8.12. The van der Waals surface area contributed by atoms with E-state index in [1.54, 1.807) is 11.3 Å². The molecule has 4 heterocycles. The molecule has 26 heavy (non-hydrogen) atoms. The van der Waals surface area contributed by atoms with Crippen molar-refractivity contribution in [2.75, 3.05) is 0 Å². The van der Waals surface area contributed by atoms with Gasteiger partial charge in [-0.1, -0.05) is 12.1 Å². The van der Waals surface area contributed by atoms with E-state index in [0.29, 0.717) is 16.7 Å². The molecule has 0 saturated heterocycles. The highest BCUT2D eigenvalue weighted by molar-refractivity contribution is 7.18. The average molecular weight is 360 g/mol. The Morgan fingerprint density at radius 3 is 2.88 bits per heavy atom. The minimum atomic E-state index is 0.0703. The Bertz CT molecular complexity index is 1420. The maximum atomic E-state index is 13.5. The van der Waals surface area contributed by atoms with E-state index in [-0.39, 0.29) is 5.43 Å². The molecule has 0 radical (unpaired) electrons. The molecule has 0 spiro atoms. The van der Waals surface area contributed by atoms with Crippen LogP contribution in [0.25, 0.3) is 37.9 Å². The van der Waals surface area contributed by atoms with Crippen molar-refractivity contribution in [3.8, 4) is 0 Å². The van der Waals surface area contributed by atoms with Crippen molar-refractivity contribution in [1.82, 2.24) is 19.4 Å². The summed E-state index contributed by atoms with van der Waals surface area (Å²) in [5.74, 6) is 0.831. The summed E-state index contributed by atoms with van der Waals surface area (Å²) >= 11 is 1.72. The minimum absolute atomic E-state index is 0.0703. The van der Waals surface area contributed by atoms with Crippen molar-refractivity contribution in [1.29, 1.82) is 0 Å². The number of aromatic amines is 1. The fourth-order valence-corrected chi connectivity index (χ4v) is 5.61. The van der Waals surface area contributed by atoms with Gasteiger partial charge < -0.3 is 4.98 Å². The Morgan fingerprint density at radius 1 is 1.12 bits per heavy atom. The number of aromatic nitrogens is 4. The van der Waals surface area contributed by atoms with Crippen LogP contribution >= 0.6 is 11.3 Å². The lowest BCUT2D eigenvalue weighted by molar-refractivity contribution is 0.700. The minimum Gasteiger partial charge on any atom is -0.331 e. The number of benzene rings is 1. The van der Waals surface area contributed by atoms with Gasteiger partial charge in [0.2, 0.25) is 5.43 Å². The third-order valence-corrected chi connectivity index (χ3v) is 6.68. The lowest BCUT2D eigenvalue weighted by Crippen LogP contribution is -2.10. The smallest absolute Gasteiger partial charge is 0.203 e. The maximum absolute atomic E-state index is 13.5. The molecule has 0 fully saturated rings. The molecule has 6 heteroatoms. The third kappa shape index (κ3) is 1.72. The van der Waals surface area contributed by atoms with E-state index in [9.17, 15) is 4.79 Å².